The lowest BCUT2D eigenvalue weighted by atomic mass is 10.0. The maximum atomic E-state index is 14.3. The molecule has 0 radical (unpaired) electrons. The van der Waals surface area contributed by atoms with Gasteiger partial charge in [-0.25, -0.2) is 14.4 Å². The molecule has 2 aliphatic rings. The zero-order chi connectivity index (χ0) is 31.4. The summed E-state index contributed by atoms with van der Waals surface area (Å²) in [5.41, 5.74) is -1.01. The first-order valence-corrected chi connectivity index (χ1v) is 14.4. The van der Waals surface area contributed by atoms with Gasteiger partial charge in [-0.1, -0.05) is 72.8 Å². The monoisotopic (exact) mass is 622 g/mol. The molecule has 226 valence electrons. The third kappa shape index (κ3) is 5.91. The van der Waals surface area contributed by atoms with Crippen molar-refractivity contribution in [1.29, 1.82) is 0 Å². The summed E-state index contributed by atoms with van der Waals surface area (Å²) in [5, 5.41) is 2.88. The van der Waals surface area contributed by atoms with Crippen molar-refractivity contribution in [1.82, 2.24) is 5.32 Å². The van der Waals surface area contributed by atoms with E-state index in [1.165, 1.54) is 4.90 Å². The lowest BCUT2D eigenvalue weighted by Gasteiger charge is -2.29. The summed E-state index contributed by atoms with van der Waals surface area (Å²) >= 11 is 5.56. The minimum atomic E-state index is -2.12. The number of nitrogens with one attached hydrogen (secondary N) is 1. The highest BCUT2D eigenvalue weighted by Gasteiger charge is 2.69. The molecule has 0 aliphatic carbocycles. The summed E-state index contributed by atoms with van der Waals surface area (Å²) in [5.74, 6) is -2.94. The van der Waals surface area contributed by atoms with E-state index < -0.39 is 54.5 Å². The molecule has 2 fully saturated rings. The van der Waals surface area contributed by atoms with Crippen molar-refractivity contribution in [2.24, 2.45) is 0 Å². The Morgan fingerprint density at radius 2 is 1.18 bits per heavy atom. The van der Waals surface area contributed by atoms with Crippen molar-refractivity contribution in [2.45, 2.75) is 24.0 Å². The highest BCUT2D eigenvalue weighted by Crippen LogP contribution is 2.40. The van der Waals surface area contributed by atoms with Gasteiger partial charge in [0.2, 0.25) is 0 Å². The second kappa shape index (κ2) is 12.7. The first-order valence-electron chi connectivity index (χ1n) is 14.0. The van der Waals surface area contributed by atoms with Crippen molar-refractivity contribution in [2.75, 3.05) is 11.5 Å². The Morgan fingerprint density at radius 3 is 1.71 bits per heavy atom. The number of carbonyl (C=O) groups is 4. The highest BCUT2D eigenvalue weighted by molar-refractivity contribution is 7.80. The fourth-order valence-electron chi connectivity index (χ4n) is 5.17. The summed E-state index contributed by atoms with van der Waals surface area (Å²) in [7, 11) is 0. The van der Waals surface area contributed by atoms with E-state index in [9.17, 15) is 19.2 Å². The minimum Gasteiger partial charge on any atom is -0.459 e. The van der Waals surface area contributed by atoms with Gasteiger partial charge in [0.15, 0.2) is 17.3 Å². The van der Waals surface area contributed by atoms with E-state index in [2.05, 4.69) is 5.32 Å². The molecule has 4 aromatic carbocycles. The van der Waals surface area contributed by atoms with Crippen LogP contribution in [-0.4, -0.2) is 59.6 Å². The Bertz CT molecular complexity index is 1720. The van der Waals surface area contributed by atoms with Gasteiger partial charge in [-0.05, 0) is 60.7 Å². The Balaban J connectivity index is 1.39. The van der Waals surface area contributed by atoms with Crippen LogP contribution < -0.4 is 10.2 Å². The van der Waals surface area contributed by atoms with Crippen molar-refractivity contribution < 1.29 is 38.1 Å². The van der Waals surface area contributed by atoms with Crippen molar-refractivity contribution in [3.05, 3.63) is 138 Å². The Kier molecular flexibility index (Phi) is 8.37. The van der Waals surface area contributed by atoms with Crippen LogP contribution in [0.1, 0.15) is 31.1 Å². The number of carbonyl (C=O) groups excluding carboxylic acids is 4. The number of esters is 3. The van der Waals surface area contributed by atoms with E-state index in [1.54, 1.807) is 121 Å². The predicted molar refractivity (Wildman–Crippen MR) is 165 cm³/mol. The lowest BCUT2D eigenvalue weighted by Crippen LogP contribution is -2.58. The number of nitrogens with zero attached hydrogens (tertiary/aromatic N) is 1. The molecule has 4 aromatic rings. The van der Waals surface area contributed by atoms with E-state index in [1.807, 2.05) is 0 Å². The number of para-hydroxylation sites is 1. The Hall–Kier alpha value is -5.39. The van der Waals surface area contributed by atoms with E-state index in [0.717, 1.165) is 0 Å². The SMILES string of the molecule is O=C(OC[C@H]1O[C@]2(NC(=S)N(c3ccccc3)C2=O)[C@H](OC(=O)c2ccccc2)[C@@H]1OC(=O)c1ccccc1)c1ccccc1. The zero-order valence-electron chi connectivity index (χ0n) is 23.6. The molecule has 0 aromatic heterocycles. The van der Waals surface area contributed by atoms with E-state index >= 15 is 0 Å². The van der Waals surface area contributed by atoms with Gasteiger partial charge in [-0.2, -0.15) is 0 Å². The minimum absolute atomic E-state index is 0.0259. The number of ether oxygens (including phenoxy) is 4. The highest BCUT2D eigenvalue weighted by atomic mass is 32.1. The summed E-state index contributed by atoms with van der Waals surface area (Å²) in [4.78, 5) is 55.2. The normalized spacial score (nSPS) is 22.1. The molecule has 45 heavy (non-hydrogen) atoms. The van der Waals surface area contributed by atoms with Crippen LogP contribution in [0, 0.1) is 0 Å². The number of rotatable bonds is 8. The topological polar surface area (TPSA) is 120 Å². The number of anilines is 1. The van der Waals surface area contributed by atoms with Gasteiger partial charge < -0.3 is 24.3 Å². The average molecular weight is 623 g/mol. The molecule has 11 heteroatoms. The van der Waals surface area contributed by atoms with Crippen molar-refractivity contribution >= 4 is 46.8 Å². The van der Waals surface area contributed by atoms with Crippen LogP contribution in [0.4, 0.5) is 5.69 Å². The molecule has 0 bridgehead atoms. The van der Waals surface area contributed by atoms with E-state index in [4.69, 9.17) is 31.2 Å². The molecular formula is C34H26N2O8S. The van der Waals surface area contributed by atoms with Crippen LogP contribution >= 0.6 is 12.2 Å². The average Bonchev–Trinajstić information content (AvgIpc) is 3.51. The fraction of sp³-hybridized carbons (Fsp3) is 0.147. The fourth-order valence-corrected chi connectivity index (χ4v) is 5.51. The van der Waals surface area contributed by atoms with Crippen LogP contribution in [0.5, 0.6) is 0 Å². The summed E-state index contributed by atoms with van der Waals surface area (Å²) < 4.78 is 23.8. The van der Waals surface area contributed by atoms with Gasteiger partial charge in [0.1, 0.15) is 12.7 Å². The predicted octanol–water partition coefficient (Wildman–Crippen LogP) is 4.31. The van der Waals surface area contributed by atoms with Gasteiger partial charge in [-0.3, -0.25) is 9.69 Å². The molecule has 1 amide bonds. The third-order valence-electron chi connectivity index (χ3n) is 7.32. The second-order valence-electron chi connectivity index (χ2n) is 10.2. The number of thiocarbonyl (C=S) groups is 1. The maximum absolute atomic E-state index is 14.3. The van der Waals surface area contributed by atoms with Gasteiger partial charge in [0.05, 0.1) is 22.4 Å². The molecule has 0 saturated carbocycles. The zero-order valence-corrected chi connectivity index (χ0v) is 24.4. The Labute approximate surface area is 263 Å². The molecule has 2 heterocycles. The molecule has 0 unspecified atom stereocenters. The van der Waals surface area contributed by atoms with Crippen LogP contribution in [0.3, 0.4) is 0 Å². The third-order valence-corrected chi connectivity index (χ3v) is 7.60. The van der Waals surface area contributed by atoms with Gasteiger partial charge in [0.25, 0.3) is 11.6 Å². The molecule has 6 rings (SSSR count). The number of hydrogen-bond acceptors (Lipinski definition) is 9. The molecule has 2 saturated heterocycles. The lowest BCUT2D eigenvalue weighted by molar-refractivity contribution is -0.152. The first kappa shape index (κ1) is 29.7. The first-order chi connectivity index (χ1) is 21.9. The van der Waals surface area contributed by atoms with Gasteiger partial charge in [0, 0.05) is 0 Å². The smallest absolute Gasteiger partial charge is 0.338 e. The Morgan fingerprint density at radius 1 is 0.711 bits per heavy atom. The standard InChI is InChI=1S/C34H26N2O8S/c37-29(22-13-5-1-6-14-22)41-21-26-27(42-30(38)23-15-7-2-8-16-23)28(43-31(39)24-17-9-3-10-18-24)34(44-26)32(40)36(33(45)35-34)25-19-11-4-12-20-25/h1-20,26-28H,21H2,(H,35,45)/t26-,27-,28-,34-/m1/s1. The summed E-state index contributed by atoms with van der Waals surface area (Å²) in [6.45, 7) is -0.450. The number of hydrogen-bond donors (Lipinski definition) is 1. The van der Waals surface area contributed by atoms with Crippen molar-refractivity contribution in [3.8, 4) is 0 Å². The number of amides is 1. The second-order valence-corrected chi connectivity index (χ2v) is 10.6. The van der Waals surface area contributed by atoms with Crippen LogP contribution in [0.25, 0.3) is 0 Å². The molecule has 1 spiro atoms. The molecule has 4 atom stereocenters. The molecule has 10 nitrogen and oxygen atoms in total. The van der Waals surface area contributed by atoms with Gasteiger partial charge >= 0.3 is 17.9 Å². The quantitative estimate of drug-likeness (QED) is 0.173. The van der Waals surface area contributed by atoms with Crippen LogP contribution in [0.2, 0.25) is 0 Å². The summed E-state index contributed by atoms with van der Waals surface area (Å²) in [6, 6.07) is 33.2. The van der Waals surface area contributed by atoms with Crippen molar-refractivity contribution in [3.63, 3.8) is 0 Å². The largest absolute Gasteiger partial charge is 0.459 e. The van der Waals surface area contributed by atoms with Gasteiger partial charge in [-0.15, -0.1) is 0 Å². The van der Waals surface area contributed by atoms with Crippen LogP contribution in [0.15, 0.2) is 121 Å². The molecule has 1 N–H and O–H groups in total. The van der Waals surface area contributed by atoms with E-state index in [-0.39, 0.29) is 21.8 Å². The molecule has 2 aliphatic heterocycles. The maximum Gasteiger partial charge on any atom is 0.338 e. The number of benzene rings is 4. The van der Waals surface area contributed by atoms with Crippen LogP contribution in [-0.2, 0) is 23.7 Å². The summed E-state index contributed by atoms with van der Waals surface area (Å²) in [6.07, 6.45) is -4.23. The van der Waals surface area contributed by atoms with E-state index in [0.29, 0.717) is 5.69 Å². The molecular weight excluding hydrogens is 596 g/mol.